The summed E-state index contributed by atoms with van der Waals surface area (Å²) >= 11 is 12.8. The summed E-state index contributed by atoms with van der Waals surface area (Å²) in [5, 5.41) is 22.7. The van der Waals surface area contributed by atoms with Gasteiger partial charge in [0.05, 0.1) is 10.8 Å². The van der Waals surface area contributed by atoms with Crippen molar-refractivity contribution >= 4 is 109 Å². The predicted molar refractivity (Wildman–Crippen MR) is 231 cm³/mol. The molecule has 0 aliphatic carbocycles. The number of piperidine rings is 4. The van der Waals surface area contributed by atoms with Gasteiger partial charge in [0, 0.05) is 69.0 Å². The van der Waals surface area contributed by atoms with Crippen molar-refractivity contribution in [2.45, 2.75) is 52.4 Å². The summed E-state index contributed by atoms with van der Waals surface area (Å²) in [4.78, 5) is 31.7. The zero-order chi connectivity index (χ0) is 38.0. The van der Waals surface area contributed by atoms with Crippen molar-refractivity contribution in [3.05, 3.63) is 48.9 Å². The van der Waals surface area contributed by atoms with Crippen LogP contribution in [0, 0.1) is 22.7 Å². The van der Waals surface area contributed by atoms with Crippen LogP contribution in [-0.4, -0.2) is 103 Å². The second kappa shape index (κ2) is 16.9. The summed E-state index contributed by atoms with van der Waals surface area (Å²) in [6, 6.07) is 4.18. The van der Waals surface area contributed by atoms with Gasteiger partial charge in [0.15, 0.2) is 11.8 Å². The largest absolute Gasteiger partial charge is 0.355 e. The number of hydrogen-bond acceptors (Lipinski definition) is 14. The number of H-pyrrole nitrogens is 2. The molecule has 0 unspecified atom stereocenters. The summed E-state index contributed by atoms with van der Waals surface area (Å²) in [5.41, 5.74) is 2.51. The number of nitrogens with one attached hydrogen (secondary N) is 3. The van der Waals surface area contributed by atoms with E-state index in [0.717, 1.165) is 115 Å². The van der Waals surface area contributed by atoms with Crippen molar-refractivity contribution < 1.29 is 0 Å². The maximum absolute atomic E-state index is 4.64. The molecule has 0 radical (unpaired) electrons. The molecule has 4 atom stereocenters. The highest BCUT2D eigenvalue weighted by molar-refractivity contribution is 9.12. The van der Waals surface area contributed by atoms with Gasteiger partial charge in [-0.1, -0.05) is 36.5 Å². The molecule has 0 spiro atoms. The molecule has 6 aromatic heterocycles. The minimum atomic E-state index is 0.252. The van der Waals surface area contributed by atoms with Gasteiger partial charge < -0.3 is 30.0 Å². The molecule has 4 aliphatic rings. The summed E-state index contributed by atoms with van der Waals surface area (Å²) in [6.45, 7) is 13.4. The molecule has 14 nitrogen and oxygen atoms in total. The van der Waals surface area contributed by atoms with Gasteiger partial charge in [-0.3, -0.25) is 0 Å². The van der Waals surface area contributed by atoms with Crippen LogP contribution in [0.25, 0.3) is 22.1 Å². The Bertz CT molecular complexity index is 2170. The third kappa shape index (κ3) is 8.15. The summed E-state index contributed by atoms with van der Waals surface area (Å²) in [6.07, 6.45) is 14.7. The van der Waals surface area contributed by atoms with Crippen LogP contribution in [0.2, 0.25) is 0 Å². The molecule has 6 aromatic rings. The van der Waals surface area contributed by atoms with E-state index in [-0.39, 0.29) is 5.41 Å². The van der Waals surface area contributed by atoms with E-state index in [1.54, 1.807) is 24.0 Å². The Kier molecular flexibility index (Phi) is 12.0. The van der Waals surface area contributed by atoms with Crippen LogP contribution in [0.3, 0.4) is 0 Å². The standard InChI is InChI=1S/C18H22BrN7S.C16H23N5.C2Br2N2S/c1-2-18-9-25(15-13-3-6-20-14(13)21-11-22-15)7-4-12(18)5-8-26(10-18)17-24-23-16(19)27-17;1-2-16-9-17-6-3-12(16)5-8-21(10-16)15-13-4-7-18-14(13)19-11-20-15;3-1-5-6-2(4)7-1/h3,6,11-12H,2,4-5,7-10H2,1H3,(H,20,21,22);4,7,11-12,17H,2-3,5-6,8-10H2,1H3,(H,18,19,20);/t12-,18+;12-,16+;/m10./s1. The molecule has 55 heavy (non-hydrogen) atoms. The molecule has 4 aliphatic heterocycles. The van der Waals surface area contributed by atoms with Crippen molar-refractivity contribution in [1.82, 2.24) is 55.6 Å². The van der Waals surface area contributed by atoms with Crippen LogP contribution in [-0.2, 0) is 0 Å². The Morgan fingerprint density at radius 2 is 1.16 bits per heavy atom. The number of fused-ring (bicyclic) bond motifs is 4. The Morgan fingerprint density at radius 1 is 0.655 bits per heavy atom. The van der Waals surface area contributed by atoms with Gasteiger partial charge in [-0.2, -0.15) is 0 Å². The lowest BCUT2D eigenvalue weighted by molar-refractivity contribution is 0.0844. The minimum absolute atomic E-state index is 0.252. The number of halogens is 3. The molecule has 0 bridgehead atoms. The number of aromatic amines is 2. The average molecular weight is 978 g/mol. The molecule has 3 N–H and O–H groups in total. The first kappa shape index (κ1) is 39.0. The molecule has 4 fully saturated rings. The monoisotopic (exact) mass is 974 g/mol. The second-order valence-corrected chi connectivity index (χ2v) is 20.7. The van der Waals surface area contributed by atoms with E-state index in [1.807, 2.05) is 12.4 Å². The van der Waals surface area contributed by atoms with Crippen molar-refractivity contribution in [2.24, 2.45) is 22.7 Å². The summed E-state index contributed by atoms with van der Waals surface area (Å²) in [5.74, 6) is 3.78. The first-order valence-electron chi connectivity index (χ1n) is 18.9. The normalized spacial score (nSPS) is 25.1. The van der Waals surface area contributed by atoms with E-state index < -0.39 is 0 Å². The third-order valence-corrected chi connectivity index (χ3v) is 15.6. The van der Waals surface area contributed by atoms with Crippen molar-refractivity contribution in [3.8, 4) is 0 Å². The van der Waals surface area contributed by atoms with Crippen LogP contribution < -0.4 is 20.0 Å². The zero-order valence-electron chi connectivity index (χ0n) is 30.9. The Morgan fingerprint density at radius 3 is 1.69 bits per heavy atom. The Hall–Kier alpha value is -2.84. The van der Waals surface area contributed by atoms with Crippen LogP contribution in [0.5, 0.6) is 0 Å². The number of hydrogen-bond donors (Lipinski definition) is 3. The second-order valence-electron chi connectivity index (χ2n) is 14.9. The molecular weight excluding hydrogens is 932 g/mol. The highest BCUT2D eigenvalue weighted by atomic mass is 79.9. The minimum Gasteiger partial charge on any atom is -0.355 e. The van der Waals surface area contributed by atoms with E-state index in [2.05, 4.69) is 144 Å². The van der Waals surface area contributed by atoms with E-state index in [4.69, 9.17) is 0 Å². The Balaban J connectivity index is 0.000000135. The third-order valence-electron chi connectivity index (χ3n) is 12.3. The van der Waals surface area contributed by atoms with E-state index in [0.29, 0.717) is 5.41 Å². The van der Waals surface area contributed by atoms with Crippen molar-refractivity contribution in [2.75, 3.05) is 67.1 Å². The zero-order valence-corrected chi connectivity index (χ0v) is 37.3. The fraction of sp³-hybridized carbons (Fsp3) is 0.556. The highest BCUT2D eigenvalue weighted by Gasteiger charge is 2.47. The molecule has 292 valence electrons. The van der Waals surface area contributed by atoms with Crippen LogP contribution in [0.4, 0.5) is 16.8 Å². The van der Waals surface area contributed by atoms with Crippen molar-refractivity contribution in [3.63, 3.8) is 0 Å². The van der Waals surface area contributed by atoms with Gasteiger partial charge in [-0.15, -0.1) is 20.4 Å². The first-order valence-corrected chi connectivity index (χ1v) is 23.0. The molecule has 10 heterocycles. The molecule has 0 saturated carbocycles. The van der Waals surface area contributed by atoms with Gasteiger partial charge >= 0.3 is 0 Å². The van der Waals surface area contributed by atoms with Gasteiger partial charge in [0.2, 0.25) is 5.13 Å². The molecule has 0 amide bonds. The van der Waals surface area contributed by atoms with Gasteiger partial charge in [-0.25, -0.2) is 19.9 Å². The fourth-order valence-electron chi connectivity index (χ4n) is 9.38. The van der Waals surface area contributed by atoms with E-state index in [9.17, 15) is 0 Å². The number of aromatic nitrogens is 10. The fourth-order valence-corrected chi connectivity index (χ4v) is 12.5. The molecule has 10 rings (SSSR count). The lowest BCUT2D eigenvalue weighted by Crippen LogP contribution is -2.58. The van der Waals surface area contributed by atoms with Crippen molar-refractivity contribution in [1.29, 1.82) is 0 Å². The topological polar surface area (TPSA) is 156 Å². The van der Waals surface area contributed by atoms with E-state index >= 15 is 0 Å². The molecule has 0 aromatic carbocycles. The van der Waals surface area contributed by atoms with Crippen LogP contribution in [0.15, 0.2) is 48.9 Å². The van der Waals surface area contributed by atoms with Gasteiger partial charge in [-0.05, 0) is 117 Å². The van der Waals surface area contributed by atoms with Crippen LogP contribution in [0.1, 0.15) is 52.4 Å². The van der Waals surface area contributed by atoms with Gasteiger partial charge in [0.1, 0.15) is 35.6 Å². The number of rotatable bonds is 5. The molecular formula is C36H45Br3N14S2. The number of anilines is 3. The highest BCUT2D eigenvalue weighted by Crippen LogP contribution is 2.47. The maximum atomic E-state index is 4.64. The lowest BCUT2D eigenvalue weighted by atomic mass is 9.65. The lowest BCUT2D eigenvalue weighted by Gasteiger charge is -2.53. The maximum Gasteiger partial charge on any atom is 0.209 e. The van der Waals surface area contributed by atoms with Crippen LogP contribution >= 0.6 is 70.5 Å². The molecule has 4 saturated heterocycles. The quantitative estimate of drug-likeness (QED) is 0.154. The number of nitrogens with zero attached hydrogens (tertiary/aromatic N) is 11. The summed E-state index contributed by atoms with van der Waals surface area (Å²) < 4.78 is 2.46. The Labute approximate surface area is 353 Å². The van der Waals surface area contributed by atoms with Gasteiger partial charge in [0.25, 0.3) is 0 Å². The summed E-state index contributed by atoms with van der Waals surface area (Å²) in [7, 11) is 0. The first-order chi connectivity index (χ1) is 26.8. The molecule has 19 heteroatoms. The SMILES string of the molecule is Brc1nnc(Br)s1.CC[C@]12CN(c3nnc(Br)s3)CC[C@H]1CCN(c1ncnc3[nH]ccc13)C2.CC[C@]12CNCC[C@H]1CCN(c1ncnc3[nH]ccc13)C2. The average Bonchev–Trinajstić information content (AvgIpc) is 4.06. The predicted octanol–water partition coefficient (Wildman–Crippen LogP) is 7.94. The van der Waals surface area contributed by atoms with E-state index in [1.165, 1.54) is 50.0 Å². The smallest absolute Gasteiger partial charge is 0.209 e.